The first-order valence-electron chi connectivity index (χ1n) is 9.11. The molecule has 0 aliphatic heterocycles. The average molecular weight is 394 g/mol. The van der Waals surface area contributed by atoms with Crippen molar-refractivity contribution >= 4 is 15.7 Å². The third-order valence-electron chi connectivity index (χ3n) is 4.11. The van der Waals surface area contributed by atoms with E-state index in [9.17, 15) is 8.42 Å². The molecule has 0 aliphatic rings. The van der Waals surface area contributed by atoms with Crippen LogP contribution in [0.3, 0.4) is 0 Å². The second-order valence-corrected chi connectivity index (χ2v) is 8.54. The van der Waals surface area contributed by atoms with E-state index in [1.807, 2.05) is 48.5 Å². The van der Waals surface area contributed by atoms with Crippen LogP contribution in [0, 0.1) is 5.92 Å². The third kappa shape index (κ3) is 5.04. The Kier molecular flexibility index (Phi) is 6.21. The second-order valence-electron chi connectivity index (χ2n) is 6.88. The van der Waals surface area contributed by atoms with Crippen molar-refractivity contribution < 1.29 is 8.42 Å². The molecule has 144 valence electrons. The largest absolute Gasteiger partial charge is 0.276 e. The summed E-state index contributed by atoms with van der Waals surface area (Å²) in [5.74, 6) is 0.511. The van der Waals surface area contributed by atoms with Gasteiger partial charge in [0.15, 0.2) is 0 Å². The maximum Gasteiger partial charge on any atom is 0.276 e. The van der Waals surface area contributed by atoms with Crippen molar-refractivity contribution in [2.75, 3.05) is 0 Å². The fourth-order valence-corrected chi connectivity index (χ4v) is 3.61. The number of hydrogen-bond acceptors (Lipinski definition) is 4. The summed E-state index contributed by atoms with van der Waals surface area (Å²) in [7, 11) is -3.78. The molecule has 1 heterocycles. The van der Waals surface area contributed by atoms with Gasteiger partial charge in [-0.15, -0.1) is 0 Å². The minimum absolute atomic E-state index is 0.178. The molecule has 0 spiro atoms. The Morgan fingerprint density at radius 1 is 0.964 bits per heavy atom. The van der Waals surface area contributed by atoms with Crippen LogP contribution < -0.4 is 4.83 Å². The highest BCUT2D eigenvalue weighted by molar-refractivity contribution is 7.89. The predicted octanol–water partition coefficient (Wildman–Crippen LogP) is 4.01. The Balaban J connectivity index is 1.89. The molecule has 0 bridgehead atoms. The van der Waals surface area contributed by atoms with Crippen LogP contribution in [0.2, 0.25) is 0 Å². The molecule has 3 aromatic rings. The SMILES string of the molecule is CC(C)Cc1ccc(S(=O)(=O)N/N=C(\c2ccccc2)c2ccccn2)cc1. The molecule has 0 amide bonds. The maximum absolute atomic E-state index is 12.7. The van der Waals surface area contributed by atoms with Gasteiger partial charge in [0.05, 0.1) is 10.6 Å². The number of hydrogen-bond donors (Lipinski definition) is 1. The fraction of sp³-hybridized carbons (Fsp3) is 0.182. The number of pyridine rings is 1. The van der Waals surface area contributed by atoms with Gasteiger partial charge in [-0.2, -0.15) is 18.4 Å². The van der Waals surface area contributed by atoms with Crippen molar-refractivity contribution in [3.05, 3.63) is 95.8 Å². The third-order valence-corrected chi connectivity index (χ3v) is 5.33. The number of rotatable bonds is 7. The molecular formula is C22H23N3O2S. The molecule has 0 radical (unpaired) electrons. The molecule has 5 nitrogen and oxygen atoms in total. The number of sulfonamides is 1. The molecule has 28 heavy (non-hydrogen) atoms. The zero-order valence-corrected chi connectivity index (χ0v) is 16.7. The van der Waals surface area contributed by atoms with Gasteiger partial charge in [0.25, 0.3) is 10.0 Å². The molecule has 1 aromatic heterocycles. The Morgan fingerprint density at radius 3 is 2.25 bits per heavy atom. The summed E-state index contributed by atoms with van der Waals surface area (Å²) < 4.78 is 25.4. The summed E-state index contributed by atoms with van der Waals surface area (Å²) in [6.07, 6.45) is 2.56. The lowest BCUT2D eigenvalue weighted by atomic mass is 10.0. The minimum atomic E-state index is -3.78. The maximum atomic E-state index is 12.7. The van der Waals surface area contributed by atoms with Crippen LogP contribution in [0.15, 0.2) is 89.0 Å². The molecular weight excluding hydrogens is 370 g/mol. The monoisotopic (exact) mass is 393 g/mol. The summed E-state index contributed by atoms with van der Waals surface area (Å²) >= 11 is 0. The summed E-state index contributed by atoms with van der Waals surface area (Å²) in [6.45, 7) is 4.26. The van der Waals surface area contributed by atoms with E-state index in [1.54, 1.807) is 30.5 Å². The van der Waals surface area contributed by atoms with Gasteiger partial charge >= 0.3 is 0 Å². The number of nitrogens with zero attached hydrogens (tertiary/aromatic N) is 2. The quantitative estimate of drug-likeness (QED) is 0.487. The van der Waals surface area contributed by atoms with Gasteiger partial charge in [0.2, 0.25) is 0 Å². The molecule has 0 saturated heterocycles. The second kappa shape index (κ2) is 8.80. The molecule has 0 saturated carbocycles. The van der Waals surface area contributed by atoms with Crippen molar-refractivity contribution in [3.8, 4) is 0 Å². The topological polar surface area (TPSA) is 71.4 Å². The normalized spacial score (nSPS) is 12.2. The van der Waals surface area contributed by atoms with Crippen LogP contribution >= 0.6 is 0 Å². The van der Waals surface area contributed by atoms with Crippen molar-refractivity contribution in [1.82, 2.24) is 9.82 Å². The van der Waals surface area contributed by atoms with Crippen molar-refractivity contribution in [1.29, 1.82) is 0 Å². The van der Waals surface area contributed by atoms with Crippen molar-refractivity contribution in [2.24, 2.45) is 11.0 Å². The highest BCUT2D eigenvalue weighted by Crippen LogP contribution is 2.14. The van der Waals surface area contributed by atoms with Crippen LogP contribution in [0.5, 0.6) is 0 Å². The zero-order chi connectivity index (χ0) is 20.0. The van der Waals surface area contributed by atoms with E-state index in [0.29, 0.717) is 17.3 Å². The summed E-state index contributed by atoms with van der Waals surface area (Å²) in [4.78, 5) is 6.83. The van der Waals surface area contributed by atoms with Gasteiger partial charge in [0, 0.05) is 11.8 Å². The highest BCUT2D eigenvalue weighted by Gasteiger charge is 2.15. The van der Waals surface area contributed by atoms with Crippen molar-refractivity contribution in [2.45, 2.75) is 25.2 Å². The van der Waals surface area contributed by atoms with E-state index < -0.39 is 10.0 Å². The highest BCUT2D eigenvalue weighted by atomic mass is 32.2. The Hall–Kier alpha value is -2.99. The van der Waals surface area contributed by atoms with Gasteiger partial charge < -0.3 is 0 Å². The minimum Gasteiger partial charge on any atom is -0.255 e. The summed E-state index contributed by atoms with van der Waals surface area (Å²) in [6, 6.07) is 21.7. The van der Waals surface area contributed by atoms with Crippen LogP contribution in [-0.4, -0.2) is 19.1 Å². The first-order chi connectivity index (χ1) is 13.5. The number of aromatic nitrogens is 1. The molecule has 2 aromatic carbocycles. The molecule has 0 unspecified atom stereocenters. The van der Waals surface area contributed by atoms with E-state index in [2.05, 4.69) is 28.8 Å². The van der Waals surface area contributed by atoms with E-state index in [-0.39, 0.29) is 4.90 Å². The van der Waals surface area contributed by atoms with Crippen molar-refractivity contribution in [3.63, 3.8) is 0 Å². The number of benzene rings is 2. The molecule has 3 rings (SSSR count). The van der Waals surface area contributed by atoms with E-state index >= 15 is 0 Å². The molecule has 1 N–H and O–H groups in total. The van der Waals surface area contributed by atoms with Crippen LogP contribution in [0.4, 0.5) is 0 Å². The predicted molar refractivity (Wildman–Crippen MR) is 112 cm³/mol. The van der Waals surface area contributed by atoms with E-state index in [4.69, 9.17) is 0 Å². The van der Waals surface area contributed by atoms with E-state index in [0.717, 1.165) is 17.5 Å². The Bertz CT molecular complexity index is 989. The van der Waals surface area contributed by atoms with Gasteiger partial charge in [-0.05, 0) is 42.2 Å². The molecule has 0 fully saturated rings. The fourth-order valence-electron chi connectivity index (χ4n) is 2.80. The molecule has 0 atom stereocenters. The Morgan fingerprint density at radius 2 is 1.64 bits per heavy atom. The lowest BCUT2D eigenvalue weighted by molar-refractivity contribution is 0.584. The van der Waals surface area contributed by atoms with Gasteiger partial charge in [-0.25, -0.2) is 0 Å². The smallest absolute Gasteiger partial charge is 0.255 e. The van der Waals surface area contributed by atoms with E-state index in [1.165, 1.54) is 0 Å². The lowest BCUT2D eigenvalue weighted by Gasteiger charge is -2.09. The molecule has 6 heteroatoms. The number of nitrogens with one attached hydrogen (secondary N) is 1. The summed E-state index contributed by atoms with van der Waals surface area (Å²) in [5.41, 5.74) is 2.93. The first-order valence-corrected chi connectivity index (χ1v) is 10.6. The summed E-state index contributed by atoms with van der Waals surface area (Å²) in [5, 5.41) is 4.20. The molecule has 0 aliphatic carbocycles. The van der Waals surface area contributed by atoms with Gasteiger partial charge in [0.1, 0.15) is 5.71 Å². The van der Waals surface area contributed by atoms with Crippen LogP contribution in [0.1, 0.15) is 30.7 Å². The van der Waals surface area contributed by atoms with Crippen LogP contribution in [0.25, 0.3) is 0 Å². The zero-order valence-electron chi connectivity index (χ0n) is 15.9. The van der Waals surface area contributed by atoms with Gasteiger partial charge in [-0.1, -0.05) is 62.4 Å². The van der Waals surface area contributed by atoms with Gasteiger partial charge in [-0.3, -0.25) is 4.98 Å². The first kappa shape index (κ1) is 19.8. The standard InChI is InChI=1S/C22H23N3O2S/c1-17(2)16-18-11-13-20(14-12-18)28(26,27)25-24-22(19-8-4-3-5-9-19)21-10-6-7-15-23-21/h3-15,17,25H,16H2,1-2H3/b24-22+. The lowest BCUT2D eigenvalue weighted by Crippen LogP contribution is -2.21. The average Bonchev–Trinajstić information content (AvgIpc) is 2.70. The Labute approximate surface area is 166 Å². The van der Waals surface area contributed by atoms with Crippen LogP contribution in [-0.2, 0) is 16.4 Å². The number of hydrazone groups is 1.